The lowest BCUT2D eigenvalue weighted by Gasteiger charge is -2.28. The van der Waals surface area contributed by atoms with Gasteiger partial charge in [0.1, 0.15) is 5.82 Å². The van der Waals surface area contributed by atoms with Crippen molar-refractivity contribution < 1.29 is 18.0 Å². The van der Waals surface area contributed by atoms with Gasteiger partial charge in [-0.05, 0) is 36.3 Å². The third kappa shape index (κ3) is 2.47. The van der Waals surface area contributed by atoms with Gasteiger partial charge < -0.3 is 4.98 Å². The van der Waals surface area contributed by atoms with Gasteiger partial charge in [-0.1, -0.05) is 6.92 Å². The van der Waals surface area contributed by atoms with Crippen LogP contribution < -0.4 is 4.90 Å². The summed E-state index contributed by atoms with van der Waals surface area (Å²) in [6, 6.07) is 5.62. The number of fused-ring (bicyclic) bond motifs is 1. The van der Waals surface area contributed by atoms with E-state index in [2.05, 4.69) is 9.97 Å². The van der Waals surface area contributed by atoms with Crippen LogP contribution in [0.3, 0.4) is 0 Å². The predicted molar refractivity (Wildman–Crippen MR) is 91.0 cm³/mol. The van der Waals surface area contributed by atoms with Crippen LogP contribution in [0.15, 0.2) is 48.3 Å². The summed E-state index contributed by atoms with van der Waals surface area (Å²) >= 11 is 0. The second-order valence-electron chi connectivity index (χ2n) is 6.08. The van der Waals surface area contributed by atoms with Gasteiger partial charge in [0, 0.05) is 23.4 Å². The third-order valence-electron chi connectivity index (χ3n) is 4.56. The van der Waals surface area contributed by atoms with E-state index in [0.717, 1.165) is 6.07 Å². The largest absolute Gasteiger partial charge is 0.345 e. The number of nitrogens with one attached hydrogen (secondary N) is 1. The Morgan fingerprint density at radius 2 is 2.00 bits per heavy atom. The van der Waals surface area contributed by atoms with Crippen LogP contribution in [0.4, 0.5) is 18.9 Å². The van der Waals surface area contributed by atoms with Crippen LogP contribution in [-0.4, -0.2) is 15.9 Å². The lowest BCUT2D eigenvalue weighted by atomic mass is 9.96. The summed E-state index contributed by atoms with van der Waals surface area (Å²) in [5.74, 6) is -3.69. The number of aromatic nitrogens is 2. The number of anilines is 1. The molecule has 0 radical (unpaired) electrons. The second-order valence-corrected chi connectivity index (χ2v) is 6.08. The summed E-state index contributed by atoms with van der Waals surface area (Å²) in [4.78, 5) is 21.0. The fourth-order valence-corrected chi connectivity index (χ4v) is 3.36. The molecule has 0 fully saturated rings. The molecule has 1 aliphatic heterocycles. The molecule has 2 aromatic carbocycles. The zero-order valence-corrected chi connectivity index (χ0v) is 13.8. The summed E-state index contributed by atoms with van der Waals surface area (Å²) in [5, 5.41) is 0. The molecule has 0 saturated carbocycles. The maximum atomic E-state index is 14.4. The number of benzene rings is 2. The zero-order valence-electron chi connectivity index (χ0n) is 13.8. The minimum atomic E-state index is -1.28. The number of H-pyrrole nitrogens is 1. The lowest BCUT2D eigenvalue weighted by Crippen LogP contribution is -2.30. The Labute approximate surface area is 147 Å². The van der Waals surface area contributed by atoms with E-state index in [-0.39, 0.29) is 11.5 Å². The topological polar surface area (TPSA) is 49.0 Å². The molecule has 4 rings (SSSR count). The van der Waals surface area contributed by atoms with Crippen molar-refractivity contribution in [3.05, 3.63) is 71.3 Å². The first-order valence-corrected chi connectivity index (χ1v) is 8.11. The smallest absolute Gasteiger partial charge is 0.251 e. The summed E-state index contributed by atoms with van der Waals surface area (Å²) in [7, 11) is 0. The molecule has 132 valence electrons. The van der Waals surface area contributed by atoms with Gasteiger partial charge in [0.15, 0.2) is 11.6 Å². The normalized spacial score (nSPS) is 17.2. The first-order chi connectivity index (χ1) is 12.5. The first kappa shape index (κ1) is 16.4. The summed E-state index contributed by atoms with van der Waals surface area (Å²) in [6.07, 6.45) is 3.36. The Bertz CT molecular complexity index is 1060. The third-order valence-corrected chi connectivity index (χ3v) is 4.56. The zero-order chi connectivity index (χ0) is 18.4. The molecule has 2 heterocycles. The number of amides is 1. The predicted octanol–water partition coefficient (Wildman–Crippen LogP) is 4.40. The van der Waals surface area contributed by atoms with Gasteiger partial charge >= 0.3 is 0 Å². The first-order valence-electron chi connectivity index (χ1n) is 8.11. The standard InChI is InChI=1S/C19H14F3N3O/c1-2-10-5-17(26)25(12-3-4-15-16(8-12)24-9-23-15)19(10)13-6-11(20)7-14(21)18(13)22/h3-9,19H,2H2,1H3,(H,23,24). The number of rotatable bonds is 3. The maximum absolute atomic E-state index is 14.4. The van der Waals surface area contributed by atoms with Crippen LogP contribution in [0.25, 0.3) is 11.0 Å². The molecule has 1 unspecified atom stereocenters. The fraction of sp³-hybridized carbons (Fsp3) is 0.158. The molecule has 0 spiro atoms. The highest BCUT2D eigenvalue weighted by atomic mass is 19.2. The SMILES string of the molecule is CCC1=CC(=O)N(c2ccc3nc[nH]c3c2)C1c1cc(F)cc(F)c1F. The Kier molecular flexibility index (Phi) is 3.79. The molecule has 7 heteroatoms. The van der Waals surface area contributed by atoms with Crippen LogP contribution in [0.1, 0.15) is 24.9 Å². The van der Waals surface area contributed by atoms with Crippen molar-refractivity contribution in [2.45, 2.75) is 19.4 Å². The van der Waals surface area contributed by atoms with E-state index >= 15 is 0 Å². The van der Waals surface area contributed by atoms with Crippen molar-refractivity contribution in [2.24, 2.45) is 0 Å². The van der Waals surface area contributed by atoms with E-state index in [1.807, 2.05) is 0 Å². The molecule has 0 saturated heterocycles. The van der Waals surface area contributed by atoms with Gasteiger partial charge in [-0.15, -0.1) is 0 Å². The molecule has 4 nitrogen and oxygen atoms in total. The minimum Gasteiger partial charge on any atom is -0.345 e. The van der Waals surface area contributed by atoms with Gasteiger partial charge in [0.25, 0.3) is 5.91 Å². The van der Waals surface area contributed by atoms with Crippen molar-refractivity contribution >= 4 is 22.6 Å². The minimum absolute atomic E-state index is 0.203. The lowest BCUT2D eigenvalue weighted by molar-refractivity contribution is -0.113. The molecule has 0 aliphatic carbocycles. The quantitative estimate of drug-likeness (QED) is 0.706. The molecule has 3 aromatic rings. The number of halogens is 3. The van der Waals surface area contributed by atoms with Gasteiger partial charge in [0.2, 0.25) is 0 Å². The second kappa shape index (κ2) is 6.01. The van der Waals surface area contributed by atoms with E-state index < -0.39 is 23.5 Å². The number of hydrogen-bond acceptors (Lipinski definition) is 2. The summed E-state index contributed by atoms with van der Waals surface area (Å²) in [6.45, 7) is 1.81. The van der Waals surface area contributed by atoms with Gasteiger partial charge in [0.05, 0.1) is 23.4 Å². The van der Waals surface area contributed by atoms with E-state index in [1.54, 1.807) is 25.1 Å². The van der Waals surface area contributed by atoms with Crippen LogP contribution >= 0.6 is 0 Å². The van der Waals surface area contributed by atoms with Gasteiger partial charge in [-0.2, -0.15) is 0 Å². The monoisotopic (exact) mass is 357 g/mol. The van der Waals surface area contributed by atoms with Crippen molar-refractivity contribution in [1.82, 2.24) is 9.97 Å². The Hall–Kier alpha value is -3.09. The van der Waals surface area contributed by atoms with E-state index in [0.29, 0.717) is 34.8 Å². The highest BCUT2D eigenvalue weighted by Gasteiger charge is 2.37. The molecular formula is C19H14F3N3O. The Morgan fingerprint density at radius 1 is 1.19 bits per heavy atom. The molecule has 1 aliphatic rings. The van der Waals surface area contributed by atoms with Gasteiger partial charge in [-0.3, -0.25) is 9.69 Å². The number of aromatic amines is 1. The molecule has 1 atom stereocenters. The van der Waals surface area contributed by atoms with Crippen LogP contribution in [0.2, 0.25) is 0 Å². The van der Waals surface area contributed by atoms with Crippen LogP contribution in [-0.2, 0) is 4.79 Å². The van der Waals surface area contributed by atoms with Crippen molar-refractivity contribution in [1.29, 1.82) is 0 Å². The summed E-state index contributed by atoms with van der Waals surface area (Å²) in [5.41, 5.74) is 2.28. The Morgan fingerprint density at radius 3 is 2.77 bits per heavy atom. The maximum Gasteiger partial charge on any atom is 0.251 e. The van der Waals surface area contributed by atoms with Crippen LogP contribution in [0.5, 0.6) is 0 Å². The number of carbonyl (C=O) groups excluding carboxylic acids is 1. The van der Waals surface area contributed by atoms with E-state index in [9.17, 15) is 18.0 Å². The number of imidazole rings is 1. The average Bonchev–Trinajstić information content (AvgIpc) is 3.21. The number of hydrogen-bond donors (Lipinski definition) is 1. The molecule has 1 aromatic heterocycles. The Balaban J connectivity index is 1.89. The highest BCUT2D eigenvalue weighted by Crippen LogP contribution is 2.41. The molecule has 0 bridgehead atoms. The average molecular weight is 357 g/mol. The molecular weight excluding hydrogens is 343 g/mol. The number of nitrogens with zero attached hydrogens (tertiary/aromatic N) is 2. The highest BCUT2D eigenvalue weighted by molar-refractivity contribution is 6.06. The number of carbonyl (C=O) groups is 1. The van der Waals surface area contributed by atoms with E-state index in [1.165, 1.54) is 17.3 Å². The van der Waals surface area contributed by atoms with E-state index in [4.69, 9.17) is 0 Å². The van der Waals surface area contributed by atoms with Crippen molar-refractivity contribution in [2.75, 3.05) is 4.90 Å². The summed E-state index contributed by atoms with van der Waals surface area (Å²) < 4.78 is 41.9. The van der Waals surface area contributed by atoms with Crippen molar-refractivity contribution in [3.8, 4) is 0 Å². The fourth-order valence-electron chi connectivity index (χ4n) is 3.36. The van der Waals surface area contributed by atoms with Crippen LogP contribution in [0, 0.1) is 17.5 Å². The van der Waals surface area contributed by atoms with Gasteiger partial charge in [-0.25, -0.2) is 18.2 Å². The molecule has 1 N–H and O–H groups in total. The van der Waals surface area contributed by atoms with Crippen molar-refractivity contribution in [3.63, 3.8) is 0 Å². The molecule has 1 amide bonds. The molecule has 26 heavy (non-hydrogen) atoms.